The van der Waals surface area contributed by atoms with Crippen molar-refractivity contribution in [3.63, 3.8) is 0 Å². The zero-order chi connectivity index (χ0) is 33.0. The molecule has 3 aromatic carbocycles. The first-order valence-corrected chi connectivity index (χ1v) is 18.7. The zero-order valence-electron chi connectivity index (χ0n) is 28.8. The van der Waals surface area contributed by atoms with E-state index >= 15 is 4.39 Å². The first kappa shape index (κ1) is 35.3. The van der Waals surface area contributed by atoms with Crippen molar-refractivity contribution >= 4 is 5.57 Å². The predicted octanol–water partition coefficient (Wildman–Crippen LogP) is 13.7. The first-order valence-electron chi connectivity index (χ1n) is 18.7. The molecule has 0 amide bonds. The molecule has 2 aliphatic carbocycles. The largest absolute Gasteiger partial charge is 0.490 e. The van der Waals surface area contributed by atoms with Crippen molar-refractivity contribution < 1.29 is 17.9 Å². The minimum atomic E-state index is -0.970. The van der Waals surface area contributed by atoms with Crippen molar-refractivity contribution in [2.45, 2.75) is 123 Å². The molecule has 1 unspecified atom stereocenters. The summed E-state index contributed by atoms with van der Waals surface area (Å²) >= 11 is 0. The summed E-state index contributed by atoms with van der Waals surface area (Å²) in [5.74, 6) is 0.346. The lowest BCUT2D eigenvalue weighted by Crippen LogP contribution is -2.23. The third kappa shape index (κ3) is 9.55. The van der Waals surface area contributed by atoms with Crippen LogP contribution in [0.2, 0.25) is 0 Å². The van der Waals surface area contributed by atoms with E-state index in [1.165, 1.54) is 82.3 Å². The Bertz CT molecular complexity index is 1430. The molecule has 1 fully saturated rings. The van der Waals surface area contributed by atoms with Gasteiger partial charge in [-0.1, -0.05) is 127 Å². The minimum absolute atomic E-state index is 0.0592. The summed E-state index contributed by atoms with van der Waals surface area (Å²) in [6, 6.07) is 15.6. The van der Waals surface area contributed by atoms with Gasteiger partial charge in [0, 0.05) is 11.1 Å². The van der Waals surface area contributed by atoms with Gasteiger partial charge in [0.2, 0.25) is 5.82 Å². The second kappa shape index (κ2) is 17.9. The number of halogens is 3. The van der Waals surface area contributed by atoms with E-state index in [2.05, 4.69) is 19.9 Å². The molecule has 0 saturated heterocycles. The molecule has 3 aromatic rings. The standard InChI is InChI=1S/C43H55F3O/c1-3-5-7-9-10-12-31-13-15-32(16-14-31)33-17-19-34(20-18-33)37-25-26-38(40(44)30-37)35-21-23-36(24-22-35)39-27-28-41(43(46)42(39)45)47-29-11-8-6-4-2/h19,21-28,30-33H,3-18,20,29H2,1-2H3. The fourth-order valence-corrected chi connectivity index (χ4v) is 7.89. The number of rotatable bonds is 16. The highest BCUT2D eigenvalue weighted by molar-refractivity contribution is 5.74. The average molecular weight is 645 g/mol. The van der Waals surface area contributed by atoms with Crippen molar-refractivity contribution in [2.24, 2.45) is 17.8 Å². The smallest absolute Gasteiger partial charge is 0.201 e. The Labute approximate surface area is 282 Å². The van der Waals surface area contributed by atoms with E-state index in [4.69, 9.17) is 4.74 Å². The molecule has 0 heterocycles. The lowest BCUT2D eigenvalue weighted by molar-refractivity contribution is 0.187. The van der Waals surface area contributed by atoms with Crippen LogP contribution in [0, 0.1) is 35.2 Å². The van der Waals surface area contributed by atoms with E-state index in [1.807, 2.05) is 12.1 Å². The monoisotopic (exact) mass is 644 g/mol. The molecule has 0 spiro atoms. The summed E-state index contributed by atoms with van der Waals surface area (Å²) in [6.07, 6.45) is 23.7. The van der Waals surface area contributed by atoms with Crippen molar-refractivity contribution in [1.82, 2.24) is 0 Å². The molecule has 2 aliphatic rings. The maximum atomic E-state index is 15.4. The van der Waals surface area contributed by atoms with Gasteiger partial charge in [-0.25, -0.2) is 8.78 Å². The second-order valence-electron chi connectivity index (χ2n) is 14.2. The summed E-state index contributed by atoms with van der Waals surface area (Å²) in [4.78, 5) is 0. The molecule has 1 atom stereocenters. The SMILES string of the molecule is CCCCCCCC1CCC(C2CC=C(c3ccc(-c4ccc(-c5ccc(OCCCCCC)c(F)c5F)cc4)c(F)c3)CC2)CC1. The van der Waals surface area contributed by atoms with Gasteiger partial charge in [-0.2, -0.15) is 4.39 Å². The number of ether oxygens (including phenoxy) is 1. The highest BCUT2D eigenvalue weighted by Gasteiger charge is 2.29. The third-order valence-corrected chi connectivity index (χ3v) is 10.9. The van der Waals surface area contributed by atoms with E-state index in [1.54, 1.807) is 36.4 Å². The quantitative estimate of drug-likeness (QED) is 0.141. The van der Waals surface area contributed by atoms with Gasteiger partial charge in [0.25, 0.3) is 0 Å². The van der Waals surface area contributed by atoms with E-state index < -0.39 is 11.6 Å². The Kier molecular flexibility index (Phi) is 13.5. The normalized spacial score (nSPS) is 19.9. The number of benzene rings is 3. The molecule has 0 radical (unpaired) electrons. The minimum Gasteiger partial charge on any atom is -0.490 e. The Morgan fingerprint density at radius 1 is 0.617 bits per heavy atom. The van der Waals surface area contributed by atoms with Gasteiger partial charge in [0.05, 0.1) is 6.61 Å². The van der Waals surface area contributed by atoms with Gasteiger partial charge in [-0.15, -0.1) is 0 Å². The number of hydrogen-bond acceptors (Lipinski definition) is 1. The number of hydrogen-bond donors (Lipinski definition) is 0. The van der Waals surface area contributed by atoms with Crippen LogP contribution in [0.4, 0.5) is 13.2 Å². The van der Waals surface area contributed by atoms with Crippen molar-refractivity contribution in [3.05, 3.63) is 83.7 Å². The summed E-state index contributed by atoms with van der Waals surface area (Å²) in [7, 11) is 0. The van der Waals surface area contributed by atoms with E-state index in [-0.39, 0.29) is 17.1 Å². The van der Waals surface area contributed by atoms with Crippen LogP contribution >= 0.6 is 0 Å². The fourth-order valence-electron chi connectivity index (χ4n) is 7.89. The van der Waals surface area contributed by atoms with E-state index in [0.29, 0.717) is 23.3 Å². The van der Waals surface area contributed by atoms with Crippen LogP contribution in [0.1, 0.15) is 129 Å². The molecule has 0 aliphatic heterocycles. The topological polar surface area (TPSA) is 9.23 Å². The average Bonchev–Trinajstić information content (AvgIpc) is 3.10. The zero-order valence-corrected chi connectivity index (χ0v) is 28.8. The summed E-state index contributed by atoms with van der Waals surface area (Å²) < 4.78 is 50.7. The molecular formula is C43H55F3O. The Morgan fingerprint density at radius 3 is 1.91 bits per heavy atom. The maximum Gasteiger partial charge on any atom is 0.201 e. The van der Waals surface area contributed by atoms with E-state index in [9.17, 15) is 8.78 Å². The number of allylic oxidation sites excluding steroid dienone is 2. The van der Waals surface area contributed by atoms with Gasteiger partial charge in [0.15, 0.2) is 11.6 Å². The molecule has 5 rings (SSSR count). The number of unbranched alkanes of at least 4 members (excludes halogenated alkanes) is 7. The summed E-state index contributed by atoms with van der Waals surface area (Å²) in [5, 5.41) is 0. The highest BCUT2D eigenvalue weighted by atomic mass is 19.2. The lowest BCUT2D eigenvalue weighted by Gasteiger charge is -2.35. The molecule has 0 aromatic heterocycles. The highest BCUT2D eigenvalue weighted by Crippen LogP contribution is 2.42. The van der Waals surface area contributed by atoms with Gasteiger partial charge in [-0.3, -0.25) is 0 Å². The Balaban J connectivity index is 1.14. The molecule has 254 valence electrons. The molecule has 0 bridgehead atoms. The maximum absolute atomic E-state index is 15.4. The molecule has 47 heavy (non-hydrogen) atoms. The predicted molar refractivity (Wildman–Crippen MR) is 191 cm³/mol. The van der Waals surface area contributed by atoms with Crippen LogP contribution in [0.15, 0.2) is 60.7 Å². The molecule has 0 N–H and O–H groups in total. The lowest BCUT2D eigenvalue weighted by atomic mass is 9.70. The second-order valence-corrected chi connectivity index (χ2v) is 14.2. The van der Waals surface area contributed by atoms with Crippen molar-refractivity contribution in [1.29, 1.82) is 0 Å². The summed E-state index contributed by atoms with van der Waals surface area (Å²) in [6.45, 7) is 4.77. The molecular weight excluding hydrogens is 589 g/mol. The molecule has 1 nitrogen and oxygen atoms in total. The van der Waals surface area contributed by atoms with Crippen LogP contribution < -0.4 is 4.74 Å². The van der Waals surface area contributed by atoms with Crippen LogP contribution in [0.5, 0.6) is 5.75 Å². The third-order valence-electron chi connectivity index (χ3n) is 10.9. The fraction of sp³-hybridized carbons (Fsp3) is 0.535. The van der Waals surface area contributed by atoms with Crippen LogP contribution in [0.25, 0.3) is 27.8 Å². The van der Waals surface area contributed by atoms with Gasteiger partial charge in [0.1, 0.15) is 5.82 Å². The first-order chi connectivity index (χ1) is 23.0. The van der Waals surface area contributed by atoms with Crippen LogP contribution in [0.3, 0.4) is 0 Å². The van der Waals surface area contributed by atoms with Crippen molar-refractivity contribution in [2.75, 3.05) is 6.61 Å². The van der Waals surface area contributed by atoms with Crippen LogP contribution in [-0.2, 0) is 0 Å². The van der Waals surface area contributed by atoms with Gasteiger partial charge >= 0.3 is 0 Å². The van der Waals surface area contributed by atoms with Crippen molar-refractivity contribution in [3.8, 4) is 28.0 Å². The molecule has 1 saturated carbocycles. The molecule has 4 heteroatoms. The summed E-state index contributed by atoms with van der Waals surface area (Å²) in [5.41, 5.74) is 4.15. The van der Waals surface area contributed by atoms with Crippen LogP contribution in [-0.4, -0.2) is 6.61 Å². The van der Waals surface area contributed by atoms with Gasteiger partial charge in [-0.05, 0) is 96.7 Å². The Hall–Kier alpha value is -3.01. The Morgan fingerprint density at radius 2 is 1.26 bits per heavy atom. The van der Waals surface area contributed by atoms with E-state index in [0.717, 1.165) is 61.8 Å². The van der Waals surface area contributed by atoms with Gasteiger partial charge < -0.3 is 4.74 Å².